The third-order valence-electron chi connectivity index (χ3n) is 2.28. The van der Waals surface area contributed by atoms with Gasteiger partial charge >= 0.3 is 0 Å². The zero-order valence-electron chi connectivity index (χ0n) is 9.25. The molecule has 0 aliphatic rings. The molecule has 3 nitrogen and oxygen atoms in total. The number of rotatable bonds is 8. The molecule has 0 aromatic heterocycles. The Bertz CT molecular complexity index is 105. The van der Waals surface area contributed by atoms with Gasteiger partial charge < -0.3 is 15.4 Å². The summed E-state index contributed by atoms with van der Waals surface area (Å²) in [6, 6.07) is 0. The van der Waals surface area contributed by atoms with Crippen LogP contribution in [0.4, 0.5) is 0 Å². The summed E-state index contributed by atoms with van der Waals surface area (Å²) < 4.78 is 5.59. The fourth-order valence-electron chi connectivity index (χ4n) is 1.24. The Morgan fingerprint density at radius 2 is 1.92 bits per heavy atom. The van der Waals surface area contributed by atoms with Gasteiger partial charge in [-0.1, -0.05) is 13.8 Å². The van der Waals surface area contributed by atoms with Gasteiger partial charge in [0.15, 0.2) is 0 Å². The summed E-state index contributed by atoms with van der Waals surface area (Å²) in [5, 5.41) is 0. The van der Waals surface area contributed by atoms with Crippen LogP contribution in [-0.2, 0) is 4.74 Å². The normalized spacial score (nSPS) is 13.6. The molecule has 3 heteroatoms. The minimum absolute atomic E-state index is 0.306. The Kier molecular flexibility index (Phi) is 8.40. The highest BCUT2D eigenvalue weighted by molar-refractivity contribution is 4.54. The molecule has 1 atom stereocenters. The Morgan fingerprint density at radius 3 is 2.38 bits per heavy atom. The van der Waals surface area contributed by atoms with Gasteiger partial charge in [0.05, 0.1) is 12.7 Å². The molecular formula is C10H24N2O. The largest absolute Gasteiger partial charge is 0.377 e. The van der Waals surface area contributed by atoms with E-state index in [0.29, 0.717) is 12.6 Å². The van der Waals surface area contributed by atoms with E-state index in [1.165, 1.54) is 0 Å². The van der Waals surface area contributed by atoms with Gasteiger partial charge in [0, 0.05) is 6.54 Å². The minimum Gasteiger partial charge on any atom is -0.377 e. The number of nitrogens with zero attached hydrogens (tertiary/aromatic N) is 1. The van der Waals surface area contributed by atoms with Crippen molar-refractivity contribution in [3.05, 3.63) is 0 Å². The molecule has 0 radical (unpaired) electrons. The summed E-state index contributed by atoms with van der Waals surface area (Å²) in [7, 11) is 0. The highest BCUT2D eigenvalue weighted by atomic mass is 16.5. The van der Waals surface area contributed by atoms with Crippen LogP contribution < -0.4 is 5.73 Å². The molecule has 0 aromatic rings. The molecule has 0 aliphatic carbocycles. The molecule has 0 fully saturated rings. The van der Waals surface area contributed by atoms with Crippen LogP contribution in [0.2, 0.25) is 0 Å². The van der Waals surface area contributed by atoms with Gasteiger partial charge in [-0.15, -0.1) is 0 Å². The van der Waals surface area contributed by atoms with Crippen LogP contribution in [-0.4, -0.2) is 43.8 Å². The molecule has 0 heterocycles. The highest BCUT2D eigenvalue weighted by Gasteiger charge is 2.02. The smallest absolute Gasteiger partial charge is 0.0597 e. The van der Waals surface area contributed by atoms with Gasteiger partial charge in [-0.25, -0.2) is 0 Å². The van der Waals surface area contributed by atoms with E-state index in [1.54, 1.807) is 0 Å². The van der Waals surface area contributed by atoms with Crippen LogP contribution in [0.5, 0.6) is 0 Å². The van der Waals surface area contributed by atoms with Crippen molar-refractivity contribution in [2.24, 2.45) is 5.73 Å². The van der Waals surface area contributed by atoms with Crippen LogP contribution in [0.3, 0.4) is 0 Å². The van der Waals surface area contributed by atoms with Crippen molar-refractivity contribution in [1.82, 2.24) is 4.90 Å². The van der Waals surface area contributed by atoms with Gasteiger partial charge in [0.1, 0.15) is 0 Å². The van der Waals surface area contributed by atoms with Crippen molar-refractivity contribution >= 4 is 0 Å². The summed E-state index contributed by atoms with van der Waals surface area (Å²) in [5.41, 5.74) is 5.42. The van der Waals surface area contributed by atoms with Crippen LogP contribution in [0.15, 0.2) is 0 Å². The Labute approximate surface area is 82.2 Å². The zero-order valence-corrected chi connectivity index (χ0v) is 9.25. The first-order chi connectivity index (χ1) is 6.24. The second kappa shape index (κ2) is 8.48. The van der Waals surface area contributed by atoms with E-state index in [4.69, 9.17) is 10.5 Å². The molecule has 0 saturated carbocycles. The van der Waals surface area contributed by atoms with E-state index in [9.17, 15) is 0 Å². The van der Waals surface area contributed by atoms with Crippen LogP contribution in [0.25, 0.3) is 0 Å². The number of ether oxygens (including phenoxy) is 1. The van der Waals surface area contributed by atoms with Gasteiger partial charge in [-0.05, 0) is 33.0 Å². The maximum atomic E-state index is 5.59. The number of hydrogen-bond donors (Lipinski definition) is 1. The number of likely N-dealkylation sites (N-methyl/N-ethyl adjacent to an activating group) is 1. The minimum atomic E-state index is 0.306. The lowest BCUT2D eigenvalue weighted by Crippen LogP contribution is -2.28. The predicted molar refractivity (Wildman–Crippen MR) is 56.9 cm³/mol. The zero-order chi connectivity index (χ0) is 10.1. The fraction of sp³-hybridized carbons (Fsp3) is 1.00. The fourth-order valence-corrected chi connectivity index (χ4v) is 1.24. The van der Waals surface area contributed by atoms with E-state index in [-0.39, 0.29) is 0 Å². The molecule has 0 saturated heterocycles. The lowest BCUT2D eigenvalue weighted by Gasteiger charge is -2.19. The SMILES string of the molecule is CCN(CC)CCOC(C)CCN. The average molecular weight is 188 g/mol. The second-order valence-electron chi connectivity index (χ2n) is 3.29. The number of hydrogen-bond acceptors (Lipinski definition) is 3. The first-order valence-corrected chi connectivity index (χ1v) is 5.28. The molecule has 0 amide bonds. The molecule has 13 heavy (non-hydrogen) atoms. The first-order valence-electron chi connectivity index (χ1n) is 5.28. The predicted octanol–water partition coefficient (Wildman–Crippen LogP) is 1.08. The van der Waals surface area contributed by atoms with Crippen molar-refractivity contribution in [1.29, 1.82) is 0 Å². The van der Waals surface area contributed by atoms with Crippen molar-refractivity contribution in [3.63, 3.8) is 0 Å². The standard InChI is InChI=1S/C10H24N2O/c1-4-12(5-2)8-9-13-10(3)6-7-11/h10H,4-9,11H2,1-3H3. The third kappa shape index (κ3) is 6.99. The van der Waals surface area contributed by atoms with Crippen LogP contribution >= 0.6 is 0 Å². The molecular weight excluding hydrogens is 164 g/mol. The summed E-state index contributed by atoms with van der Waals surface area (Å²) >= 11 is 0. The lowest BCUT2D eigenvalue weighted by molar-refractivity contribution is 0.0466. The highest BCUT2D eigenvalue weighted by Crippen LogP contribution is 1.96. The van der Waals surface area contributed by atoms with Gasteiger partial charge in [-0.2, -0.15) is 0 Å². The average Bonchev–Trinajstić information content (AvgIpc) is 2.13. The number of nitrogens with two attached hydrogens (primary N) is 1. The topological polar surface area (TPSA) is 38.5 Å². The van der Waals surface area contributed by atoms with E-state index in [0.717, 1.165) is 32.7 Å². The van der Waals surface area contributed by atoms with Gasteiger partial charge in [-0.3, -0.25) is 0 Å². The Hall–Kier alpha value is -0.120. The van der Waals surface area contributed by atoms with Crippen molar-refractivity contribution in [2.45, 2.75) is 33.3 Å². The summed E-state index contributed by atoms with van der Waals surface area (Å²) in [6.07, 6.45) is 1.26. The first kappa shape index (κ1) is 12.9. The molecule has 1 unspecified atom stereocenters. The van der Waals surface area contributed by atoms with E-state index < -0.39 is 0 Å². The maximum absolute atomic E-state index is 5.59. The Morgan fingerprint density at radius 1 is 1.31 bits per heavy atom. The second-order valence-corrected chi connectivity index (χ2v) is 3.29. The Balaban J connectivity index is 3.32. The molecule has 0 rings (SSSR count). The molecule has 80 valence electrons. The lowest BCUT2D eigenvalue weighted by atomic mass is 10.3. The van der Waals surface area contributed by atoms with Gasteiger partial charge in [0.2, 0.25) is 0 Å². The van der Waals surface area contributed by atoms with Gasteiger partial charge in [0.25, 0.3) is 0 Å². The van der Waals surface area contributed by atoms with Crippen LogP contribution in [0, 0.1) is 0 Å². The maximum Gasteiger partial charge on any atom is 0.0597 e. The van der Waals surface area contributed by atoms with Crippen molar-refractivity contribution in [2.75, 3.05) is 32.8 Å². The summed E-state index contributed by atoms with van der Waals surface area (Å²) in [4.78, 5) is 2.36. The quantitative estimate of drug-likeness (QED) is 0.619. The molecule has 0 spiro atoms. The monoisotopic (exact) mass is 188 g/mol. The summed E-state index contributed by atoms with van der Waals surface area (Å²) in [6.45, 7) is 11.2. The molecule has 0 aromatic carbocycles. The third-order valence-corrected chi connectivity index (χ3v) is 2.28. The van der Waals surface area contributed by atoms with Crippen molar-refractivity contribution in [3.8, 4) is 0 Å². The van der Waals surface area contributed by atoms with E-state index in [2.05, 4.69) is 25.7 Å². The molecule has 0 bridgehead atoms. The molecule has 0 aliphatic heterocycles. The van der Waals surface area contributed by atoms with Crippen LogP contribution in [0.1, 0.15) is 27.2 Å². The van der Waals surface area contributed by atoms with Crippen molar-refractivity contribution < 1.29 is 4.74 Å². The summed E-state index contributed by atoms with van der Waals surface area (Å²) in [5.74, 6) is 0. The molecule has 2 N–H and O–H groups in total. The van der Waals surface area contributed by atoms with E-state index >= 15 is 0 Å². The van der Waals surface area contributed by atoms with E-state index in [1.807, 2.05) is 0 Å².